The molecule has 1 saturated heterocycles. The van der Waals surface area contributed by atoms with Gasteiger partial charge in [0.05, 0.1) is 12.3 Å². The molecule has 2 aromatic rings. The molecular formula is C22H26F2N2O3S. The minimum Gasteiger partial charge on any atom is -0.333 e. The van der Waals surface area contributed by atoms with Crippen LogP contribution in [0, 0.1) is 0 Å². The predicted octanol–water partition coefficient (Wildman–Crippen LogP) is 3.46. The molecule has 2 aromatic carbocycles. The first-order chi connectivity index (χ1) is 14.0. The maximum absolute atomic E-state index is 13.8. The van der Waals surface area contributed by atoms with E-state index in [-0.39, 0.29) is 13.0 Å². The number of likely N-dealkylation sites (tertiary alicyclic amines) is 1. The van der Waals surface area contributed by atoms with Crippen molar-refractivity contribution in [1.29, 1.82) is 0 Å². The summed E-state index contributed by atoms with van der Waals surface area (Å²) in [4.78, 5) is 13.6. The lowest BCUT2D eigenvalue weighted by atomic mass is 9.90. The second-order valence-electron chi connectivity index (χ2n) is 7.86. The number of hydrogen-bond acceptors (Lipinski definition) is 3. The Morgan fingerprint density at radius 3 is 2.43 bits per heavy atom. The van der Waals surface area contributed by atoms with Gasteiger partial charge in [0.25, 0.3) is 5.91 Å². The molecule has 0 aliphatic carbocycles. The summed E-state index contributed by atoms with van der Waals surface area (Å²) in [5, 5.41) is 0. The molecule has 2 atom stereocenters. The number of benzene rings is 2. The molecule has 0 spiro atoms. The monoisotopic (exact) mass is 436 g/mol. The van der Waals surface area contributed by atoms with Gasteiger partial charge in [0.2, 0.25) is 10.0 Å². The summed E-state index contributed by atoms with van der Waals surface area (Å²) < 4.78 is 53.9. The van der Waals surface area contributed by atoms with Crippen LogP contribution in [0.15, 0.2) is 54.6 Å². The van der Waals surface area contributed by atoms with E-state index in [2.05, 4.69) is 4.72 Å². The minimum absolute atomic E-state index is 0.174. The summed E-state index contributed by atoms with van der Waals surface area (Å²) in [5.41, 5.74) is 2.83. The molecule has 1 fully saturated rings. The first-order valence-corrected chi connectivity index (χ1v) is 11.7. The Morgan fingerprint density at radius 1 is 1.13 bits per heavy atom. The van der Waals surface area contributed by atoms with Crippen LogP contribution in [0.4, 0.5) is 8.78 Å². The van der Waals surface area contributed by atoms with Crippen LogP contribution in [0.5, 0.6) is 0 Å². The average molecular weight is 437 g/mol. The highest BCUT2D eigenvalue weighted by atomic mass is 32.2. The number of nitrogens with zero attached hydrogens (tertiary/aromatic N) is 1. The van der Waals surface area contributed by atoms with Crippen molar-refractivity contribution in [1.82, 2.24) is 9.62 Å². The topological polar surface area (TPSA) is 66.5 Å². The normalized spacial score (nSPS) is 20.2. The highest BCUT2D eigenvalue weighted by Crippen LogP contribution is 2.28. The zero-order valence-corrected chi connectivity index (χ0v) is 17.8. The zero-order chi connectivity index (χ0) is 21.9. The van der Waals surface area contributed by atoms with Crippen molar-refractivity contribution >= 4 is 15.9 Å². The van der Waals surface area contributed by atoms with Crippen molar-refractivity contribution in [2.75, 3.05) is 12.8 Å². The van der Waals surface area contributed by atoms with Crippen LogP contribution >= 0.6 is 0 Å². The number of amides is 1. The molecule has 1 N–H and O–H groups in total. The third-order valence-corrected chi connectivity index (χ3v) is 5.99. The van der Waals surface area contributed by atoms with Crippen LogP contribution < -0.4 is 4.72 Å². The maximum atomic E-state index is 13.8. The number of hydrogen-bond donors (Lipinski definition) is 1. The van der Waals surface area contributed by atoms with Gasteiger partial charge in [-0.25, -0.2) is 13.1 Å². The number of sulfonamides is 1. The third kappa shape index (κ3) is 5.64. The Hall–Kier alpha value is -2.32. The van der Waals surface area contributed by atoms with Gasteiger partial charge in [-0.1, -0.05) is 54.6 Å². The SMILES string of the molecule is CC(F)(F)C(=O)N1CCC[C@H](NS(C)(=O)=O)[C@@H]1Cc1cccc(-c2ccccc2)c1. The van der Waals surface area contributed by atoms with Crippen LogP contribution in [0.25, 0.3) is 11.1 Å². The van der Waals surface area contributed by atoms with Crippen LogP contribution in [0.1, 0.15) is 25.3 Å². The van der Waals surface area contributed by atoms with E-state index in [1.165, 1.54) is 0 Å². The van der Waals surface area contributed by atoms with Gasteiger partial charge < -0.3 is 4.90 Å². The summed E-state index contributed by atoms with van der Waals surface area (Å²) in [6.45, 7) is 0.753. The standard InChI is InChI=1S/C22H26F2N2O3S/c1-22(23,24)21(27)26-13-7-12-19(25-30(2,28)29)20(26)15-16-8-6-11-18(14-16)17-9-4-3-5-10-17/h3-6,8-11,14,19-20,25H,7,12-13,15H2,1-2H3/t19-,20-/m0/s1. The maximum Gasteiger partial charge on any atom is 0.322 e. The Morgan fingerprint density at radius 2 is 1.80 bits per heavy atom. The van der Waals surface area contributed by atoms with Crippen LogP contribution in [-0.2, 0) is 21.2 Å². The molecule has 162 valence electrons. The zero-order valence-electron chi connectivity index (χ0n) is 17.0. The van der Waals surface area contributed by atoms with E-state index in [0.29, 0.717) is 19.8 Å². The third-order valence-electron chi connectivity index (χ3n) is 5.26. The quantitative estimate of drug-likeness (QED) is 0.754. The van der Waals surface area contributed by atoms with E-state index in [4.69, 9.17) is 0 Å². The smallest absolute Gasteiger partial charge is 0.322 e. The van der Waals surface area contributed by atoms with Gasteiger partial charge >= 0.3 is 5.92 Å². The van der Waals surface area contributed by atoms with Gasteiger partial charge in [-0.2, -0.15) is 8.78 Å². The van der Waals surface area contributed by atoms with Gasteiger partial charge in [-0.15, -0.1) is 0 Å². The molecule has 0 saturated carbocycles. The van der Waals surface area contributed by atoms with Gasteiger partial charge in [0.15, 0.2) is 0 Å². The molecule has 1 amide bonds. The van der Waals surface area contributed by atoms with Crippen LogP contribution in [0.3, 0.4) is 0 Å². The Balaban J connectivity index is 1.93. The summed E-state index contributed by atoms with van der Waals surface area (Å²) in [5.74, 6) is -4.79. The molecule has 1 heterocycles. The second kappa shape index (κ2) is 8.81. The Labute approximate surface area is 176 Å². The minimum atomic E-state index is -3.56. The van der Waals surface area contributed by atoms with Gasteiger partial charge in [0, 0.05) is 19.5 Å². The molecule has 1 aliphatic heterocycles. The fraction of sp³-hybridized carbons (Fsp3) is 0.409. The molecule has 0 radical (unpaired) electrons. The largest absolute Gasteiger partial charge is 0.333 e. The second-order valence-corrected chi connectivity index (χ2v) is 9.64. The van der Waals surface area contributed by atoms with Gasteiger partial charge in [-0.3, -0.25) is 4.79 Å². The molecule has 5 nitrogen and oxygen atoms in total. The Bertz CT molecular complexity index is 991. The number of nitrogens with one attached hydrogen (secondary N) is 1. The van der Waals surface area contributed by atoms with Crippen molar-refractivity contribution in [3.05, 3.63) is 60.2 Å². The molecule has 0 unspecified atom stereocenters. The van der Waals surface area contributed by atoms with E-state index in [1.54, 1.807) is 0 Å². The molecule has 30 heavy (non-hydrogen) atoms. The number of alkyl halides is 2. The van der Waals surface area contributed by atoms with Crippen molar-refractivity contribution in [3.63, 3.8) is 0 Å². The fourth-order valence-corrected chi connectivity index (χ4v) is 4.80. The highest BCUT2D eigenvalue weighted by Gasteiger charge is 2.43. The lowest BCUT2D eigenvalue weighted by molar-refractivity contribution is -0.159. The number of halogens is 2. The predicted molar refractivity (Wildman–Crippen MR) is 113 cm³/mol. The number of carbonyl (C=O) groups is 1. The van der Waals surface area contributed by atoms with Crippen molar-refractivity contribution in [2.24, 2.45) is 0 Å². The lowest BCUT2D eigenvalue weighted by Gasteiger charge is -2.42. The fourth-order valence-electron chi connectivity index (χ4n) is 3.98. The summed E-state index contributed by atoms with van der Waals surface area (Å²) >= 11 is 0. The molecular weight excluding hydrogens is 410 g/mol. The molecule has 1 aliphatic rings. The summed E-state index contributed by atoms with van der Waals surface area (Å²) in [6, 6.07) is 16.1. The molecule has 0 aromatic heterocycles. The first kappa shape index (κ1) is 22.4. The van der Waals surface area contributed by atoms with Crippen molar-refractivity contribution in [2.45, 2.75) is 44.2 Å². The highest BCUT2D eigenvalue weighted by molar-refractivity contribution is 7.88. The van der Waals surface area contributed by atoms with Crippen molar-refractivity contribution < 1.29 is 22.0 Å². The van der Waals surface area contributed by atoms with Gasteiger partial charge in [-0.05, 0) is 36.0 Å². The summed E-state index contributed by atoms with van der Waals surface area (Å²) in [7, 11) is -3.56. The lowest BCUT2D eigenvalue weighted by Crippen LogP contribution is -2.60. The van der Waals surface area contributed by atoms with E-state index >= 15 is 0 Å². The van der Waals surface area contributed by atoms with Crippen molar-refractivity contribution in [3.8, 4) is 11.1 Å². The molecule has 0 bridgehead atoms. The van der Waals surface area contributed by atoms with Gasteiger partial charge in [0.1, 0.15) is 0 Å². The summed E-state index contributed by atoms with van der Waals surface area (Å²) in [6.07, 6.45) is 2.25. The average Bonchev–Trinajstić information content (AvgIpc) is 2.68. The van der Waals surface area contributed by atoms with E-state index in [0.717, 1.165) is 27.8 Å². The molecule has 8 heteroatoms. The number of carbonyl (C=O) groups excluding carboxylic acids is 1. The van der Waals surface area contributed by atoms with E-state index in [9.17, 15) is 22.0 Å². The molecule has 3 rings (SSSR count). The van der Waals surface area contributed by atoms with Crippen LogP contribution in [-0.4, -0.2) is 50.0 Å². The number of rotatable bonds is 6. The Kier molecular flexibility index (Phi) is 6.57. The number of piperidine rings is 1. The van der Waals surface area contributed by atoms with E-state index < -0.39 is 33.9 Å². The van der Waals surface area contributed by atoms with Crippen LogP contribution in [0.2, 0.25) is 0 Å². The van der Waals surface area contributed by atoms with E-state index in [1.807, 2.05) is 54.6 Å². The first-order valence-electron chi connectivity index (χ1n) is 9.85.